The van der Waals surface area contributed by atoms with Crippen molar-refractivity contribution in [3.63, 3.8) is 0 Å². The molecule has 16 heavy (non-hydrogen) atoms. The molecule has 1 fully saturated rings. The van der Waals surface area contributed by atoms with Crippen molar-refractivity contribution in [1.29, 1.82) is 0 Å². The zero-order valence-corrected chi connectivity index (χ0v) is 10.3. The lowest BCUT2D eigenvalue weighted by Gasteiger charge is -2.37. The van der Waals surface area contributed by atoms with Crippen LogP contribution in [0.25, 0.3) is 0 Å². The average molecular weight is 218 g/mol. The van der Waals surface area contributed by atoms with Crippen molar-refractivity contribution >= 4 is 0 Å². The van der Waals surface area contributed by atoms with E-state index >= 15 is 0 Å². The smallest absolute Gasteiger partial charge is 0.00998 e. The lowest BCUT2D eigenvalue weighted by atomic mass is 9.72. The van der Waals surface area contributed by atoms with Crippen LogP contribution in [-0.2, 0) is 5.41 Å². The fourth-order valence-electron chi connectivity index (χ4n) is 2.80. The summed E-state index contributed by atoms with van der Waals surface area (Å²) in [5, 5.41) is 3.42. The van der Waals surface area contributed by atoms with Crippen LogP contribution in [0.4, 0.5) is 0 Å². The molecule has 1 aliphatic heterocycles. The number of nitrogens with two attached hydrogens (primary N) is 1. The molecule has 0 saturated carbocycles. The van der Waals surface area contributed by atoms with Gasteiger partial charge in [-0.3, -0.25) is 0 Å². The van der Waals surface area contributed by atoms with Gasteiger partial charge >= 0.3 is 0 Å². The summed E-state index contributed by atoms with van der Waals surface area (Å²) in [5.41, 5.74) is 10.4. The Bertz CT molecular complexity index is 345. The van der Waals surface area contributed by atoms with Crippen LogP contribution < -0.4 is 11.1 Å². The number of hydrogen-bond donors (Lipinski definition) is 2. The van der Waals surface area contributed by atoms with Crippen LogP contribution in [0.2, 0.25) is 0 Å². The second-order valence-electron chi connectivity index (χ2n) is 5.11. The van der Waals surface area contributed by atoms with Crippen molar-refractivity contribution in [2.24, 2.45) is 5.73 Å². The number of hydrogen-bond acceptors (Lipinski definition) is 2. The van der Waals surface area contributed by atoms with Gasteiger partial charge in [-0.05, 0) is 45.3 Å². The first-order valence-corrected chi connectivity index (χ1v) is 6.16. The average Bonchev–Trinajstić information content (AvgIpc) is 2.28. The third kappa shape index (κ3) is 2.13. The summed E-state index contributed by atoms with van der Waals surface area (Å²) in [6, 6.07) is 6.85. The van der Waals surface area contributed by atoms with E-state index in [0.717, 1.165) is 32.5 Å². The third-order valence-corrected chi connectivity index (χ3v) is 3.79. The summed E-state index contributed by atoms with van der Waals surface area (Å²) in [6.07, 6.45) is 2.32. The van der Waals surface area contributed by atoms with Gasteiger partial charge in [0.1, 0.15) is 0 Å². The predicted molar refractivity (Wildman–Crippen MR) is 68.8 cm³/mol. The van der Waals surface area contributed by atoms with Gasteiger partial charge in [0.2, 0.25) is 0 Å². The molecule has 0 unspecified atom stereocenters. The Morgan fingerprint density at radius 2 is 1.69 bits per heavy atom. The van der Waals surface area contributed by atoms with E-state index in [2.05, 4.69) is 37.4 Å². The number of piperidine rings is 1. The minimum absolute atomic E-state index is 0.210. The molecule has 1 aliphatic rings. The molecule has 0 radical (unpaired) electrons. The van der Waals surface area contributed by atoms with Crippen molar-refractivity contribution < 1.29 is 0 Å². The van der Waals surface area contributed by atoms with E-state index in [-0.39, 0.29) is 5.41 Å². The fourth-order valence-corrected chi connectivity index (χ4v) is 2.80. The molecule has 1 aromatic rings. The molecular formula is C14H22N2. The van der Waals surface area contributed by atoms with Crippen LogP contribution in [0.5, 0.6) is 0 Å². The largest absolute Gasteiger partial charge is 0.330 e. The topological polar surface area (TPSA) is 38.0 Å². The van der Waals surface area contributed by atoms with Gasteiger partial charge in [0, 0.05) is 12.0 Å². The monoisotopic (exact) mass is 218 g/mol. The molecule has 1 heterocycles. The Hall–Kier alpha value is -0.860. The minimum Gasteiger partial charge on any atom is -0.330 e. The van der Waals surface area contributed by atoms with Crippen LogP contribution >= 0.6 is 0 Å². The molecular weight excluding hydrogens is 196 g/mol. The second kappa shape index (κ2) is 4.56. The molecule has 0 aliphatic carbocycles. The molecule has 1 aromatic carbocycles. The number of nitrogens with one attached hydrogen (secondary N) is 1. The summed E-state index contributed by atoms with van der Waals surface area (Å²) >= 11 is 0. The van der Waals surface area contributed by atoms with Crippen LogP contribution in [0, 0.1) is 13.8 Å². The summed E-state index contributed by atoms with van der Waals surface area (Å²) in [4.78, 5) is 0. The third-order valence-electron chi connectivity index (χ3n) is 3.79. The van der Waals surface area contributed by atoms with E-state index < -0.39 is 0 Å². The van der Waals surface area contributed by atoms with E-state index in [9.17, 15) is 0 Å². The molecule has 0 spiro atoms. The maximum Gasteiger partial charge on any atom is 0.00998 e. The minimum atomic E-state index is 0.210. The van der Waals surface area contributed by atoms with Crippen LogP contribution in [0.15, 0.2) is 18.2 Å². The zero-order chi connectivity index (χ0) is 11.6. The van der Waals surface area contributed by atoms with Crippen molar-refractivity contribution in [3.8, 4) is 0 Å². The summed E-state index contributed by atoms with van der Waals surface area (Å²) in [6.45, 7) is 7.27. The van der Waals surface area contributed by atoms with Crippen LogP contribution in [0.1, 0.15) is 29.5 Å². The number of benzene rings is 1. The Morgan fingerprint density at radius 3 is 2.19 bits per heavy atom. The highest BCUT2D eigenvalue weighted by molar-refractivity contribution is 5.35. The molecule has 0 bridgehead atoms. The highest BCUT2D eigenvalue weighted by atomic mass is 14.9. The van der Waals surface area contributed by atoms with Gasteiger partial charge in [0.15, 0.2) is 0 Å². The van der Waals surface area contributed by atoms with Gasteiger partial charge in [0.05, 0.1) is 0 Å². The number of aryl methyl sites for hydroxylation is 2. The number of rotatable bonds is 2. The van der Waals surface area contributed by atoms with Crippen molar-refractivity contribution in [3.05, 3.63) is 34.9 Å². The van der Waals surface area contributed by atoms with Gasteiger partial charge in [-0.1, -0.05) is 29.3 Å². The predicted octanol–water partition coefficient (Wildman–Crippen LogP) is 1.88. The lowest BCUT2D eigenvalue weighted by molar-refractivity contribution is 0.315. The standard InChI is InChI=1S/C14H22N2/c1-11-7-12(2)9-13(8-11)14(10-15)3-5-16-6-4-14/h7-9,16H,3-6,10,15H2,1-2H3. The molecule has 1 saturated heterocycles. The van der Waals surface area contributed by atoms with Gasteiger partial charge in [-0.15, -0.1) is 0 Å². The SMILES string of the molecule is Cc1cc(C)cc(C2(CN)CCNCC2)c1. The first kappa shape index (κ1) is 11.6. The maximum atomic E-state index is 6.04. The van der Waals surface area contributed by atoms with Crippen molar-refractivity contribution in [1.82, 2.24) is 5.32 Å². The zero-order valence-electron chi connectivity index (χ0n) is 10.3. The summed E-state index contributed by atoms with van der Waals surface area (Å²) in [5.74, 6) is 0. The van der Waals surface area contributed by atoms with E-state index in [1.165, 1.54) is 16.7 Å². The highest BCUT2D eigenvalue weighted by Gasteiger charge is 2.32. The van der Waals surface area contributed by atoms with Crippen LogP contribution in [0.3, 0.4) is 0 Å². The molecule has 2 nitrogen and oxygen atoms in total. The van der Waals surface area contributed by atoms with Crippen LogP contribution in [-0.4, -0.2) is 19.6 Å². The van der Waals surface area contributed by atoms with E-state index in [4.69, 9.17) is 5.73 Å². The molecule has 2 heteroatoms. The lowest BCUT2D eigenvalue weighted by Crippen LogP contribution is -2.44. The van der Waals surface area contributed by atoms with Gasteiger partial charge in [-0.2, -0.15) is 0 Å². The molecule has 0 amide bonds. The van der Waals surface area contributed by atoms with Gasteiger partial charge in [-0.25, -0.2) is 0 Å². The molecule has 2 rings (SSSR count). The summed E-state index contributed by atoms with van der Waals surface area (Å²) in [7, 11) is 0. The maximum absolute atomic E-state index is 6.04. The second-order valence-corrected chi connectivity index (χ2v) is 5.11. The Kier molecular flexibility index (Phi) is 3.31. The Morgan fingerprint density at radius 1 is 1.12 bits per heavy atom. The first-order valence-electron chi connectivity index (χ1n) is 6.16. The Labute approximate surface area is 98.2 Å². The molecule has 88 valence electrons. The normalized spacial score (nSPS) is 19.7. The summed E-state index contributed by atoms with van der Waals surface area (Å²) < 4.78 is 0. The van der Waals surface area contributed by atoms with E-state index in [0.29, 0.717) is 0 Å². The Balaban J connectivity index is 2.38. The van der Waals surface area contributed by atoms with Gasteiger partial charge in [0.25, 0.3) is 0 Å². The van der Waals surface area contributed by atoms with E-state index in [1.807, 2.05) is 0 Å². The van der Waals surface area contributed by atoms with Gasteiger partial charge < -0.3 is 11.1 Å². The van der Waals surface area contributed by atoms with Crippen molar-refractivity contribution in [2.45, 2.75) is 32.1 Å². The van der Waals surface area contributed by atoms with Crippen molar-refractivity contribution in [2.75, 3.05) is 19.6 Å². The highest BCUT2D eigenvalue weighted by Crippen LogP contribution is 2.33. The fraction of sp³-hybridized carbons (Fsp3) is 0.571. The molecule has 0 aromatic heterocycles. The molecule has 3 N–H and O–H groups in total. The quantitative estimate of drug-likeness (QED) is 0.795. The molecule has 0 atom stereocenters. The van der Waals surface area contributed by atoms with E-state index in [1.54, 1.807) is 0 Å². The first-order chi connectivity index (χ1) is 7.66.